The largest absolute Gasteiger partial charge is 0.383 e. The number of rotatable bonds is 5. The Labute approximate surface area is 172 Å². The van der Waals surface area contributed by atoms with E-state index in [1.165, 1.54) is 30.4 Å². The van der Waals surface area contributed by atoms with E-state index in [1.54, 1.807) is 4.52 Å². The molecule has 0 unspecified atom stereocenters. The molecular weight excluding hydrogens is 362 g/mol. The van der Waals surface area contributed by atoms with Crippen LogP contribution in [-0.2, 0) is 18.5 Å². The summed E-state index contributed by atoms with van der Waals surface area (Å²) in [5, 5.41) is 7.75. The van der Waals surface area contributed by atoms with Crippen LogP contribution in [0.1, 0.15) is 56.9 Å². The van der Waals surface area contributed by atoms with Crippen molar-refractivity contribution in [1.29, 1.82) is 0 Å². The molecule has 154 valence electrons. The minimum atomic E-state index is 0.157. The monoisotopic (exact) mass is 393 g/mol. The molecule has 3 N–H and O–H groups in total. The number of benzene rings is 1. The smallest absolute Gasteiger partial charge is 0.256 e. The Morgan fingerprint density at radius 2 is 1.76 bits per heavy atom. The fraction of sp³-hybridized carbons (Fsp3) is 0.500. The quantitative estimate of drug-likeness (QED) is 0.689. The van der Waals surface area contributed by atoms with Crippen LogP contribution in [0.2, 0.25) is 0 Å². The zero-order chi connectivity index (χ0) is 20.4. The fourth-order valence-corrected chi connectivity index (χ4v) is 3.75. The minimum absolute atomic E-state index is 0.157. The average molecular weight is 394 g/mol. The van der Waals surface area contributed by atoms with Gasteiger partial charge in [0.1, 0.15) is 5.82 Å². The van der Waals surface area contributed by atoms with Crippen LogP contribution >= 0.6 is 0 Å². The van der Waals surface area contributed by atoms with Crippen molar-refractivity contribution < 1.29 is 0 Å². The lowest BCUT2D eigenvalue weighted by molar-refractivity contribution is 0.218. The Morgan fingerprint density at radius 1 is 1.03 bits per heavy atom. The van der Waals surface area contributed by atoms with Crippen LogP contribution in [0.5, 0.6) is 0 Å². The standard InChI is InChI=1S/C22H31N7/c1-22(2,3)17-9-7-16(8-10-17)14-24-20-26-21-25-18(13-19(23)29(21)27-20)15-28-11-5-4-6-12-28/h7-10,13H,4-6,11-12,14-15,23H2,1-3H3,(H,24,27). The number of fused-ring (bicyclic) bond motifs is 1. The zero-order valence-electron chi connectivity index (χ0n) is 17.6. The summed E-state index contributed by atoms with van der Waals surface area (Å²) in [7, 11) is 0. The predicted octanol–water partition coefficient (Wildman–Crippen LogP) is 3.60. The fourth-order valence-electron chi connectivity index (χ4n) is 3.75. The number of nitrogen functional groups attached to an aromatic ring is 1. The number of hydrogen-bond donors (Lipinski definition) is 2. The SMILES string of the molecule is CC(C)(C)c1ccc(CNc2nc3nc(CN4CCCCC4)cc(N)n3n2)cc1. The van der Waals surface area contributed by atoms with Crippen molar-refractivity contribution in [2.75, 3.05) is 24.1 Å². The zero-order valence-corrected chi connectivity index (χ0v) is 17.6. The highest BCUT2D eigenvalue weighted by molar-refractivity contribution is 5.46. The number of hydrogen-bond acceptors (Lipinski definition) is 6. The van der Waals surface area contributed by atoms with E-state index >= 15 is 0 Å². The molecule has 7 nitrogen and oxygen atoms in total. The second-order valence-corrected chi connectivity index (χ2v) is 8.96. The number of nitrogens with zero attached hydrogens (tertiary/aromatic N) is 5. The van der Waals surface area contributed by atoms with E-state index in [2.05, 4.69) is 70.3 Å². The normalized spacial score (nSPS) is 15.7. The average Bonchev–Trinajstić information content (AvgIpc) is 3.10. The first-order valence-electron chi connectivity index (χ1n) is 10.5. The molecule has 0 bridgehead atoms. The van der Waals surface area contributed by atoms with Crippen LogP contribution in [0.15, 0.2) is 30.3 Å². The third-order valence-electron chi connectivity index (χ3n) is 5.50. The van der Waals surface area contributed by atoms with Crippen LogP contribution < -0.4 is 11.1 Å². The lowest BCUT2D eigenvalue weighted by Gasteiger charge is -2.25. The summed E-state index contributed by atoms with van der Waals surface area (Å²) in [4.78, 5) is 11.6. The molecule has 29 heavy (non-hydrogen) atoms. The van der Waals surface area contributed by atoms with Crippen LogP contribution in [0.25, 0.3) is 5.78 Å². The van der Waals surface area contributed by atoms with Gasteiger partial charge in [-0.15, -0.1) is 5.10 Å². The maximum absolute atomic E-state index is 6.21. The van der Waals surface area contributed by atoms with E-state index in [0.717, 1.165) is 25.3 Å². The maximum atomic E-state index is 6.21. The molecule has 0 radical (unpaired) electrons. The summed E-state index contributed by atoms with van der Waals surface area (Å²) >= 11 is 0. The highest BCUT2D eigenvalue weighted by Crippen LogP contribution is 2.22. The molecular formula is C22H31N7. The van der Waals surface area contributed by atoms with E-state index in [4.69, 9.17) is 5.73 Å². The molecule has 1 aliphatic rings. The molecule has 3 aromatic rings. The van der Waals surface area contributed by atoms with Crippen LogP contribution in [0.4, 0.5) is 11.8 Å². The van der Waals surface area contributed by atoms with Crippen molar-refractivity contribution >= 4 is 17.5 Å². The molecule has 4 rings (SSSR count). The van der Waals surface area contributed by atoms with Gasteiger partial charge in [-0.1, -0.05) is 51.5 Å². The third kappa shape index (κ3) is 4.67. The summed E-state index contributed by atoms with van der Waals surface area (Å²) in [6.45, 7) is 10.4. The molecule has 1 fully saturated rings. The van der Waals surface area contributed by atoms with Crippen molar-refractivity contribution in [3.05, 3.63) is 47.2 Å². The van der Waals surface area contributed by atoms with Crippen molar-refractivity contribution in [1.82, 2.24) is 24.5 Å². The Hall–Kier alpha value is -2.67. The molecule has 1 aliphatic heterocycles. The second kappa shape index (κ2) is 7.99. The van der Waals surface area contributed by atoms with Crippen LogP contribution in [0.3, 0.4) is 0 Å². The van der Waals surface area contributed by atoms with Crippen molar-refractivity contribution in [3.63, 3.8) is 0 Å². The van der Waals surface area contributed by atoms with Gasteiger partial charge in [0, 0.05) is 19.2 Å². The summed E-state index contributed by atoms with van der Waals surface area (Å²) < 4.78 is 1.60. The molecule has 0 atom stereocenters. The van der Waals surface area contributed by atoms with E-state index in [9.17, 15) is 0 Å². The van der Waals surface area contributed by atoms with Crippen molar-refractivity contribution in [2.24, 2.45) is 0 Å². The van der Waals surface area contributed by atoms with Gasteiger partial charge in [-0.25, -0.2) is 4.98 Å². The molecule has 0 amide bonds. The van der Waals surface area contributed by atoms with E-state index < -0.39 is 0 Å². The molecule has 0 aliphatic carbocycles. The maximum Gasteiger partial charge on any atom is 0.256 e. The molecule has 0 saturated carbocycles. The predicted molar refractivity (Wildman–Crippen MR) is 117 cm³/mol. The number of likely N-dealkylation sites (tertiary alicyclic amines) is 1. The number of anilines is 2. The molecule has 1 saturated heterocycles. The highest BCUT2D eigenvalue weighted by atomic mass is 15.4. The third-order valence-corrected chi connectivity index (χ3v) is 5.50. The summed E-state index contributed by atoms with van der Waals surface area (Å²) in [6, 6.07) is 10.6. The van der Waals surface area contributed by atoms with Gasteiger partial charge in [0.15, 0.2) is 0 Å². The van der Waals surface area contributed by atoms with Gasteiger partial charge in [-0.3, -0.25) is 4.90 Å². The van der Waals surface area contributed by atoms with Gasteiger partial charge in [-0.2, -0.15) is 9.50 Å². The lowest BCUT2D eigenvalue weighted by Crippen LogP contribution is -2.29. The lowest BCUT2D eigenvalue weighted by atomic mass is 9.87. The van der Waals surface area contributed by atoms with E-state index in [-0.39, 0.29) is 5.41 Å². The van der Waals surface area contributed by atoms with Crippen molar-refractivity contribution in [2.45, 2.75) is 58.5 Å². The Kier molecular flexibility index (Phi) is 5.41. The first-order chi connectivity index (χ1) is 13.9. The number of aromatic nitrogens is 4. The van der Waals surface area contributed by atoms with Gasteiger partial charge in [0.25, 0.3) is 5.78 Å². The minimum Gasteiger partial charge on any atom is -0.383 e. The molecule has 3 heterocycles. The molecule has 2 aromatic heterocycles. The van der Waals surface area contributed by atoms with Crippen LogP contribution in [-0.4, -0.2) is 37.6 Å². The molecule has 0 spiro atoms. The number of piperidine rings is 1. The summed E-state index contributed by atoms with van der Waals surface area (Å²) in [6.07, 6.45) is 3.84. The van der Waals surface area contributed by atoms with Gasteiger partial charge in [0.2, 0.25) is 5.95 Å². The topological polar surface area (TPSA) is 84.4 Å². The van der Waals surface area contributed by atoms with Gasteiger partial charge >= 0.3 is 0 Å². The number of nitrogens with one attached hydrogen (secondary N) is 1. The Bertz CT molecular complexity index is 963. The summed E-state index contributed by atoms with van der Waals surface area (Å²) in [5.41, 5.74) is 9.83. The summed E-state index contributed by atoms with van der Waals surface area (Å²) in [5.74, 6) is 1.65. The van der Waals surface area contributed by atoms with Gasteiger partial charge < -0.3 is 11.1 Å². The van der Waals surface area contributed by atoms with Gasteiger partial charge in [-0.05, 0) is 42.5 Å². The Balaban J connectivity index is 1.45. The van der Waals surface area contributed by atoms with E-state index in [0.29, 0.717) is 24.1 Å². The molecule has 7 heteroatoms. The van der Waals surface area contributed by atoms with Crippen molar-refractivity contribution in [3.8, 4) is 0 Å². The van der Waals surface area contributed by atoms with Gasteiger partial charge in [0.05, 0.1) is 5.69 Å². The Morgan fingerprint density at radius 3 is 2.45 bits per heavy atom. The second-order valence-electron chi connectivity index (χ2n) is 8.96. The first-order valence-corrected chi connectivity index (χ1v) is 10.5. The van der Waals surface area contributed by atoms with E-state index in [1.807, 2.05) is 6.07 Å². The molecule has 1 aromatic carbocycles. The van der Waals surface area contributed by atoms with Crippen LogP contribution in [0, 0.1) is 0 Å². The highest BCUT2D eigenvalue weighted by Gasteiger charge is 2.15. The number of nitrogens with two attached hydrogens (primary N) is 1. The first kappa shape index (κ1) is 19.6.